The predicted molar refractivity (Wildman–Crippen MR) is 157 cm³/mol. The molecule has 4 fully saturated rings. The predicted octanol–water partition coefficient (Wildman–Crippen LogP) is 5.34. The van der Waals surface area contributed by atoms with Gasteiger partial charge in [-0.25, -0.2) is 8.42 Å². The Morgan fingerprint density at radius 3 is 2.30 bits per heavy atom. The van der Waals surface area contributed by atoms with Gasteiger partial charge in [0.2, 0.25) is 10.0 Å². The van der Waals surface area contributed by atoms with Crippen molar-refractivity contribution in [3.05, 3.63) is 42.5 Å². The van der Waals surface area contributed by atoms with Gasteiger partial charge < -0.3 is 24.5 Å². The normalized spacial score (nSPS) is 23.2. The van der Waals surface area contributed by atoms with Crippen LogP contribution in [0.3, 0.4) is 0 Å². The van der Waals surface area contributed by atoms with E-state index in [2.05, 4.69) is 16.7 Å². The van der Waals surface area contributed by atoms with Crippen LogP contribution in [0, 0.1) is 5.92 Å². The van der Waals surface area contributed by atoms with Crippen molar-refractivity contribution >= 4 is 32.3 Å². The smallest absolute Gasteiger partial charge is 0.238 e. The minimum Gasteiger partial charge on any atom is -0.491 e. The van der Waals surface area contributed by atoms with E-state index in [-0.39, 0.29) is 17.5 Å². The molecule has 40 heavy (non-hydrogen) atoms. The van der Waals surface area contributed by atoms with Crippen molar-refractivity contribution in [1.29, 1.82) is 0 Å². The SMILES string of the molecule is Nc1c(-c2ccc(N(C[C@H]3CCCO3)S(=O)(=O)C3CC3)cc2)n(CC2CC2)c2cc(OC[C@H]3CCCO3)ccc12. The summed E-state index contributed by atoms with van der Waals surface area (Å²) in [6.45, 7) is 3.35. The molecular formula is C31H39N3O5S. The zero-order chi connectivity index (χ0) is 27.3. The number of rotatable bonds is 11. The number of nitrogen functional groups attached to an aromatic ring is 1. The Labute approximate surface area is 236 Å². The zero-order valence-corrected chi connectivity index (χ0v) is 23.8. The van der Waals surface area contributed by atoms with Gasteiger partial charge in [0.15, 0.2) is 0 Å². The van der Waals surface area contributed by atoms with Crippen LogP contribution in [0.15, 0.2) is 42.5 Å². The number of hydrogen-bond donors (Lipinski definition) is 1. The summed E-state index contributed by atoms with van der Waals surface area (Å²) in [5.41, 5.74) is 11.3. The average molecular weight is 566 g/mol. The van der Waals surface area contributed by atoms with E-state index in [9.17, 15) is 8.42 Å². The maximum atomic E-state index is 13.4. The summed E-state index contributed by atoms with van der Waals surface area (Å²) in [4.78, 5) is 0. The molecule has 214 valence electrons. The highest BCUT2D eigenvalue weighted by molar-refractivity contribution is 7.93. The Morgan fingerprint density at radius 2 is 1.65 bits per heavy atom. The van der Waals surface area contributed by atoms with Crippen molar-refractivity contribution in [2.45, 2.75) is 75.4 Å². The molecule has 2 aromatic carbocycles. The highest BCUT2D eigenvalue weighted by Gasteiger charge is 2.41. The van der Waals surface area contributed by atoms with Gasteiger partial charge in [-0.2, -0.15) is 0 Å². The molecule has 2 atom stereocenters. The lowest BCUT2D eigenvalue weighted by molar-refractivity contribution is 0.0680. The van der Waals surface area contributed by atoms with Gasteiger partial charge in [0.1, 0.15) is 12.4 Å². The number of benzene rings is 2. The highest BCUT2D eigenvalue weighted by Crippen LogP contribution is 2.42. The second-order valence-corrected chi connectivity index (χ2v) is 14.0. The van der Waals surface area contributed by atoms with E-state index in [4.69, 9.17) is 19.9 Å². The molecule has 4 aliphatic rings. The number of anilines is 2. The molecule has 0 amide bonds. The first-order valence-electron chi connectivity index (χ1n) is 14.9. The van der Waals surface area contributed by atoms with Crippen LogP contribution in [0.2, 0.25) is 0 Å². The molecule has 0 bridgehead atoms. The molecule has 2 aliphatic carbocycles. The quantitative estimate of drug-likeness (QED) is 0.337. The Kier molecular flexibility index (Phi) is 6.92. The summed E-state index contributed by atoms with van der Waals surface area (Å²) in [5.74, 6) is 1.48. The van der Waals surface area contributed by atoms with Crippen LogP contribution in [0.5, 0.6) is 5.75 Å². The fraction of sp³-hybridized carbons (Fsp3) is 0.548. The number of ether oxygens (including phenoxy) is 3. The summed E-state index contributed by atoms with van der Waals surface area (Å²) < 4.78 is 48.4. The topological polar surface area (TPSA) is 96.0 Å². The number of nitrogens with two attached hydrogens (primary N) is 1. The Balaban J connectivity index is 1.21. The molecular weight excluding hydrogens is 526 g/mol. The zero-order valence-electron chi connectivity index (χ0n) is 23.0. The summed E-state index contributed by atoms with van der Waals surface area (Å²) in [6, 6.07) is 14.0. The number of sulfonamides is 1. The largest absolute Gasteiger partial charge is 0.491 e. The van der Waals surface area contributed by atoms with Gasteiger partial charge in [0, 0.05) is 36.8 Å². The number of nitrogens with zero attached hydrogens (tertiary/aromatic N) is 2. The number of fused-ring (bicyclic) bond motifs is 1. The fourth-order valence-electron chi connectivity index (χ4n) is 6.13. The first kappa shape index (κ1) is 26.2. The van der Waals surface area contributed by atoms with E-state index < -0.39 is 10.0 Å². The lowest BCUT2D eigenvalue weighted by atomic mass is 10.1. The standard InChI is InChI=1S/C31H39N3O5S/c32-30-28-14-11-24(39-20-26-4-2-16-38-26)17-29(28)33(18-21-5-6-21)31(30)22-7-9-23(10-8-22)34(19-25-3-1-15-37-25)40(35,36)27-12-13-27/h7-11,14,17,21,25-27H,1-6,12-13,15-16,18-20,32H2/t25-,26-/m1/s1. The van der Waals surface area contributed by atoms with Gasteiger partial charge in [-0.15, -0.1) is 0 Å². The second kappa shape index (κ2) is 10.6. The third-order valence-electron chi connectivity index (χ3n) is 8.75. The van der Waals surface area contributed by atoms with Crippen molar-refractivity contribution < 1.29 is 22.6 Å². The minimum absolute atomic E-state index is 0.0541. The third kappa shape index (κ3) is 5.19. The molecule has 2 N–H and O–H groups in total. The van der Waals surface area contributed by atoms with Crippen molar-refractivity contribution in [3.63, 3.8) is 0 Å². The van der Waals surface area contributed by atoms with Gasteiger partial charge in [-0.3, -0.25) is 4.31 Å². The maximum Gasteiger partial charge on any atom is 0.238 e. The van der Waals surface area contributed by atoms with Crippen LogP contribution >= 0.6 is 0 Å². The summed E-state index contributed by atoms with van der Waals surface area (Å²) in [6.07, 6.45) is 8.04. The van der Waals surface area contributed by atoms with E-state index in [1.807, 2.05) is 30.3 Å². The monoisotopic (exact) mass is 565 g/mol. The van der Waals surface area contributed by atoms with Crippen LogP contribution in [0.25, 0.3) is 22.2 Å². The Hall–Kier alpha value is -2.75. The van der Waals surface area contributed by atoms with Crippen molar-refractivity contribution in [2.75, 3.05) is 36.4 Å². The van der Waals surface area contributed by atoms with Crippen LogP contribution < -0.4 is 14.8 Å². The molecule has 1 aromatic heterocycles. The van der Waals surface area contributed by atoms with Gasteiger partial charge in [0.25, 0.3) is 0 Å². The molecule has 0 radical (unpaired) electrons. The van der Waals surface area contributed by atoms with Gasteiger partial charge in [-0.05, 0) is 81.5 Å². The molecule has 2 saturated heterocycles. The second-order valence-electron chi connectivity index (χ2n) is 11.9. The fourth-order valence-corrected chi connectivity index (χ4v) is 8.01. The van der Waals surface area contributed by atoms with Crippen molar-refractivity contribution in [3.8, 4) is 17.0 Å². The van der Waals surface area contributed by atoms with Crippen LogP contribution in [-0.4, -0.2) is 56.8 Å². The van der Waals surface area contributed by atoms with E-state index in [1.54, 1.807) is 4.31 Å². The van der Waals surface area contributed by atoms with Gasteiger partial charge in [-0.1, -0.05) is 12.1 Å². The Morgan fingerprint density at radius 1 is 0.925 bits per heavy atom. The minimum atomic E-state index is -3.41. The molecule has 2 saturated carbocycles. The van der Waals surface area contributed by atoms with E-state index in [1.165, 1.54) is 12.8 Å². The molecule has 0 spiro atoms. The Bertz CT molecular complexity index is 1460. The highest BCUT2D eigenvalue weighted by atomic mass is 32.2. The van der Waals surface area contributed by atoms with Crippen LogP contribution in [-0.2, 0) is 26.0 Å². The van der Waals surface area contributed by atoms with E-state index >= 15 is 0 Å². The van der Waals surface area contributed by atoms with Crippen LogP contribution in [0.1, 0.15) is 51.4 Å². The lowest BCUT2D eigenvalue weighted by Gasteiger charge is -2.27. The molecule has 3 heterocycles. The molecule has 7 rings (SSSR count). The first-order chi connectivity index (χ1) is 19.5. The molecule has 0 unspecified atom stereocenters. The summed E-state index contributed by atoms with van der Waals surface area (Å²) >= 11 is 0. The van der Waals surface area contributed by atoms with Crippen molar-refractivity contribution in [1.82, 2.24) is 4.57 Å². The third-order valence-corrected chi connectivity index (χ3v) is 11.0. The van der Waals surface area contributed by atoms with E-state index in [0.717, 1.165) is 85.3 Å². The van der Waals surface area contributed by atoms with Crippen molar-refractivity contribution in [2.24, 2.45) is 5.92 Å². The number of hydrogen-bond acceptors (Lipinski definition) is 6. The summed E-state index contributed by atoms with van der Waals surface area (Å²) in [7, 11) is -3.41. The lowest BCUT2D eigenvalue weighted by Crippen LogP contribution is -2.39. The molecule has 2 aliphatic heterocycles. The van der Waals surface area contributed by atoms with Gasteiger partial charge in [0.05, 0.1) is 46.6 Å². The van der Waals surface area contributed by atoms with Crippen LogP contribution in [0.4, 0.5) is 11.4 Å². The average Bonchev–Trinajstić information content (AvgIpc) is 3.85. The first-order valence-corrected chi connectivity index (χ1v) is 16.4. The molecule has 8 nitrogen and oxygen atoms in total. The molecule has 3 aromatic rings. The maximum absolute atomic E-state index is 13.4. The number of aromatic nitrogens is 1. The van der Waals surface area contributed by atoms with Gasteiger partial charge >= 0.3 is 0 Å². The molecule has 9 heteroatoms. The summed E-state index contributed by atoms with van der Waals surface area (Å²) in [5, 5.41) is 0.738. The van der Waals surface area contributed by atoms with E-state index in [0.29, 0.717) is 31.4 Å².